The fourth-order valence-electron chi connectivity index (χ4n) is 2.79. The van der Waals surface area contributed by atoms with Crippen LogP contribution >= 0.6 is 11.3 Å². The van der Waals surface area contributed by atoms with Crippen molar-refractivity contribution in [3.05, 3.63) is 33.5 Å². The van der Waals surface area contributed by atoms with Gasteiger partial charge in [-0.1, -0.05) is 0 Å². The Morgan fingerprint density at radius 1 is 1.55 bits per heavy atom. The third kappa shape index (κ3) is 3.05. The Morgan fingerprint density at radius 3 is 3.14 bits per heavy atom. The van der Waals surface area contributed by atoms with E-state index in [0.717, 1.165) is 36.2 Å². The van der Waals surface area contributed by atoms with Gasteiger partial charge < -0.3 is 9.64 Å². The number of aryl methyl sites for hydroxylation is 1. The number of rotatable bonds is 4. The number of ether oxygens (including phenoxy) is 1. The van der Waals surface area contributed by atoms with Crippen LogP contribution in [0.3, 0.4) is 0 Å². The molecule has 1 aliphatic heterocycles. The van der Waals surface area contributed by atoms with Crippen molar-refractivity contribution >= 4 is 17.2 Å². The first-order valence-corrected chi connectivity index (χ1v) is 8.33. The zero-order chi connectivity index (χ0) is 15.5. The number of thiophene rings is 1. The zero-order valence-electron chi connectivity index (χ0n) is 12.8. The van der Waals surface area contributed by atoms with Gasteiger partial charge in [-0.2, -0.15) is 5.10 Å². The fourth-order valence-corrected chi connectivity index (χ4v) is 3.64. The van der Waals surface area contributed by atoms with Crippen molar-refractivity contribution < 1.29 is 9.53 Å². The molecule has 3 rings (SSSR count). The highest BCUT2D eigenvalue weighted by atomic mass is 32.1. The van der Waals surface area contributed by atoms with E-state index in [2.05, 4.69) is 15.2 Å². The van der Waals surface area contributed by atoms with Gasteiger partial charge in [0.15, 0.2) is 11.6 Å². The molecule has 22 heavy (non-hydrogen) atoms. The van der Waals surface area contributed by atoms with Crippen LogP contribution in [0.4, 0.5) is 0 Å². The summed E-state index contributed by atoms with van der Waals surface area (Å²) < 4.78 is 5.06. The van der Waals surface area contributed by atoms with Gasteiger partial charge in [-0.3, -0.25) is 9.89 Å². The summed E-state index contributed by atoms with van der Waals surface area (Å²) in [5.41, 5.74) is 1.13. The topological polar surface area (TPSA) is 71.1 Å². The van der Waals surface area contributed by atoms with Crippen LogP contribution in [-0.4, -0.2) is 39.6 Å². The maximum Gasteiger partial charge on any atom is 0.264 e. The Labute approximate surface area is 133 Å². The largest absolute Gasteiger partial charge is 0.377 e. The minimum atomic E-state index is -0.0505. The molecule has 3 heterocycles. The minimum Gasteiger partial charge on any atom is -0.377 e. The van der Waals surface area contributed by atoms with Crippen LogP contribution in [0.25, 0.3) is 0 Å². The second-order valence-corrected chi connectivity index (χ2v) is 6.48. The van der Waals surface area contributed by atoms with E-state index in [1.165, 1.54) is 11.3 Å². The lowest BCUT2D eigenvalue weighted by Gasteiger charge is -2.33. The molecule has 1 atom stereocenters. The zero-order valence-corrected chi connectivity index (χ0v) is 13.7. The number of H-pyrrole nitrogens is 1. The van der Waals surface area contributed by atoms with Gasteiger partial charge in [0, 0.05) is 13.7 Å². The SMILES string of the molecule is COCc1nc([C@H]2CCCCN2C(=O)c2cc(C)cs2)n[nH]1. The molecule has 1 aliphatic rings. The summed E-state index contributed by atoms with van der Waals surface area (Å²) in [6.45, 7) is 3.17. The van der Waals surface area contributed by atoms with Crippen LogP contribution in [0, 0.1) is 6.92 Å². The van der Waals surface area contributed by atoms with E-state index in [0.29, 0.717) is 18.3 Å². The summed E-state index contributed by atoms with van der Waals surface area (Å²) in [6.07, 6.45) is 3.02. The monoisotopic (exact) mass is 320 g/mol. The first-order valence-electron chi connectivity index (χ1n) is 7.45. The van der Waals surface area contributed by atoms with Crippen molar-refractivity contribution in [3.8, 4) is 0 Å². The number of carbonyl (C=O) groups is 1. The van der Waals surface area contributed by atoms with Crippen molar-refractivity contribution in [2.75, 3.05) is 13.7 Å². The van der Waals surface area contributed by atoms with Gasteiger partial charge >= 0.3 is 0 Å². The van der Waals surface area contributed by atoms with E-state index in [-0.39, 0.29) is 11.9 Å². The lowest BCUT2D eigenvalue weighted by Crippen LogP contribution is -2.38. The minimum absolute atomic E-state index is 0.0505. The van der Waals surface area contributed by atoms with Crippen LogP contribution in [0.15, 0.2) is 11.4 Å². The number of nitrogens with zero attached hydrogens (tertiary/aromatic N) is 3. The van der Waals surface area contributed by atoms with Crippen LogP contribution in [0.1, 0.15) is 52.2 Å². The summed E-state index contributed by atoms with van der Waals surface area (Å²) in [7, 11) is 1.62. The summed E-state index contributed by atoms with van der Waals surface area (Å²) in [4.78, 5) is 19.9. The number of carbonyl (C=O) groups excluding carboxylic acids is 1. The second kappa shape index (κ2) is 6.58. The Hall–Kier alpha value is -1.73. The van der Waals surface area contributed by atoms with Gasteiger partial charge in [0.25, 0.3) is 5.91 Å². The molecule has 1 fully saturated rings. The van der Waals surface area contributed by atoms with Crippen molar-refractivity contribution in [2.45, 2.75) is 38.8 Å². The molecule has 1 amide bonds. The Kier molecular flexibility index (Phi) is 4.54. The van der Waals surface area contributed by atoms with Crippen molar-refractivity contribution in [1.29, 1.82) is 0 Å². The fraction of sp³-hybridized carbons (Fsp3) is 0.533. The van der Waals surface area contributed by atoms with E-state index in [1.807, 2.05) is 23.3 Å². The molecular weight excluding hydrogens is 300 g/mol. The summed E-state index contributed by atoms with van der Waals surface area (Å²) >= 11 is 1.50. The smallest absolute Gasteiger partial charge is 0.264 e. The molecular formula is C15H20N4O2S. The molecule has 0 radical (unpaired) electrons. The Morgan fingerprint density at radius 2 is 2.41 bits per heavy atom. The quantitative estimate of drug-likeness (QED) is 0.940. The van der Waals surface area contributed by atoms with E-state index < -0.39 is 0 Å². The van der Waals surface area contributed by atoms with Gasteiger partial charge in [-0.15, -0.1) is 11.3 Å². The summed E-state index contributed by atoms with van der Waals surface area (Å²) in [5.74, 6) is 1.47. The number of hydrogen-bond acceptors (Lipinski definition) is 5. The van der Waals surface area contributed by atoms with Gasteiger partial charge in [0.1, 0.15) is 6.61 Å². The van der Waals surface area contributed by atoms with Crippen molar-refractivity contribution in [1.82, 2.24) is 20.1 Å². The number of likely N-dealkylation sites (tertiary alicyclic amines) is 1. The number of methoxy groups -OCH3 is 1. The average Bonchev–Trinajstić information content (AvgIpc) is 3.16. The molecule has 0 saturated carbocycles. The van der Waals surface area contributed by atoms with Gasteiger partial charge in [0.2, 0.25) is 0 Å². The lowest BCUT2D eigenvalue weighted by molar-refractivity contribution is 0.0605. The standard InChI is InChI=1S/C15H20N4O2S/c1-10-7-12(22-9-10)15(20)19-6-4-3-5-11(19)14-16-13(8-21-2)17-18-14/h7,9,11H,3-6,8H2,1-2H3,(H,16,17,18)/t11-/m1/s1. The molecule has 0 aliphatic carbocycles. The molecule has 1 N–H and O–H groups in total. The molecule has 118 valence electrons. The molecule has 1 saturated heterocycles. The normalized spacial score (nSPS) is 18.6. The van der Waals surface area contributed by atoms with Crippen molar-refractivity contribution in [2.24, 2.45) is 0 Å². The molecule has 2 aromatic heterocycles. The van der Waals surface area contributed by atoms with E-state index >= 15 is 0 Å². The number of nitrogens with one attached hydrogen (secondary N) is 1. The van der Waals surface area contributed by atoms with Crippen LogP contribution < -0.4 is 0 Å². The van der Waals surface area contributed by atoms with Crippen LogP contribution in [0.5, 0.6) is 0 Å². The van der Waals surface area contributed by atoms with Crippen LogP contribution in [0.2, 0.25) is 0 Å². The highest BCUT2D eigenvalue weighted by molar-refractivity contribution is 7.12. The molecule has 6 nitrogen and oxygen atoms in total. The van der Waals surface area contributed by atoms with E-state index in [4.69, 9.17) is 4.74 Å². The predicted molar refractivity (Wildman–Crippen MR) is 83.8 cm³/mol. The first kappa shape index (κ1) is 15.2. The number of piperidine rings is 1. The third-order valence-electron chi connectivity index (χ3n) is 3.83. The molecule has 2 aromatic rings. The van der Waals surface area contributed by atoms with E-state index in [1.54, 1.807) is 7.11 Å². The molecule has 0 spiro atoms. The predicted octanol–water partition coefficient (Wildman–Crippen LogP) is 2.69. The summed E-state index contributed by atoms with van der Waals surface area (Å²) in [6, 6.07) is 1.90. The molecule has 0 bridgehead atoms. The highest BCUT2D eigenvalue weighted by Crippen LogP contribution is 2.31. The molecule has 0 aromatic carbocycles. The van der Waals surface area contributed by atoms with Gasteiger partial charge in [0.05, 0.1) is 10.9 Å². The van der Waals surface area contributed by atoms with Gasteiger partial charge in [-0.25, -0.2) is 4.98 Å². The van der Waals surface area contributed by atoms with Crippen molar-refractivity contribution in [3.63, 3.8) is 0 Å². The number of aromatic nitrogens is 3. The van der Waals surface area contributed by atoms with E-state index in [9.17, 15) is 4.79 Å². The highest BCUT2D eigenvalue weighted by Gasteiger charge is 2.31. The summed E-state index contributed by atoms with van der Waals surface area (Å²) in [5, 5.41) is 9.18. The van der Waals surface area contributed by atoms with Gasteiger partial charge in [-0.05, 0) is 43.2 Å². The number of amides is 1. The molecule has 7 heteroatoms. The Balaban J connectivity index is 1.82. The third-order valence-corrected chi connectivity index (χ3v) is 4.87. The van der Waals surface area contributed by atoms with Crippen LogP contribution in [-0.2, 0) is 11.3 Å². The number of hydrogen-bond donors (Lipinski definition) is 1. The number of aromatic amines is 1. The maximum absolute atomic E-state index is 12.8. The molecule has 0 unspecified atom stereocenters. The average molecular weight is 320 g/mol. The Bertz CT molecular complexity index is 652. The first-order chi connectivity index (χ1) is 10.7. The maximum atomic E-state index is 12.8. The lowest BCUT2D eigenvalue weighted by atomic mass is 10.0. The second-order valence-electron chi connectivity index (χ2n) is 5.57.